The van der Waals surface area contributed by atoms with E-state index < -0.39 is 0 Å². The van der Waals surface area contributed by atoms with Crippen LogP contribution >= 0.6 is 0 Å². The van der Waals surface area contributed by atoms with Gasteiger partial charge >= 0.3 is 0 Å². The van der Waals surface area contributed by atoms with Crippen molar-refractivity contribution in [2.24, 2.45) is 0 Å². The summed E-state index contributed by atoms with van der Waals surface area (Å²) in [5, 5.41) is 6.59. The summed E-state index contributed by atoms with van der Waals surface area (Å²) in [6.45, 7) is 0. The van der Waals surface area contributed by atoms with E-state index in [1.807, 2.05) is 18.2 Å². The maximum Gasteiger partial charge on any atom is 0.211 e. The van der Waals surface area contributed by atoms with Crippen molar-refractivity contribution in [2.75, 3.05) is 11.1 Å². The van der Waals surface area contributed by atoms with Crippen molar-refractivity contribution in [3.63, 3.8) is 0 Å². The molecule has 3 N–H and O–H groups in total. The van der Waals surface area contributed by atoms with Gasteiger partial charge in [-0.1, -0.05) is 12.1 Å². The SMILES string of the molecule is Nc1ccccc1-n1cc(NC=O)cn1. The molecule has 0 saturated carbocycles. The van der Waals surface area contributed by atoms with Crippen molar-refractivity contribution >= 4 is 17.8 Å². The molecular weight excluding hydrogens is 192 g/mol. The molecule has 0 bridgehead atoms. The molecule has 0 spiro atoms. The fourth-order valence-corrected chi connectivity index (χ4v) is 1.29. The number of hydrogen-bond donors (Lipinski definition) is 2. The first-order valence-corrected chi connectivity index (χ1v) is 4.41. The van der Waals surface area contributed by atoms with E-state index >= 15 is 0 Å². The molecule has 1 amide bonds. The molecule has 0 aliphatic heterocycles. The van der Waals surface area contributed by atoms with Crippen LogP contribution in [0.4, 0.5) is 11.4 Å². The minimum atomic E-state index is 0.607. The highest BCUT2D eigenvalue weighted by atomic mass is 16.1. The van der Waals surface area contributed by atoms with E-state index in [4.69, 9.17) is 5.73 Å². The van der Waals surface area contributed by atoms with Gasteiger partial charge in [-0.3, -0.25) is 4.79 Å². The summed E-state index contributed by atoms with van der Waals surface area (Å²) >= 11 is 0. The standard InChI is InChI=1S/C10H10N4O/c11-9-3-1-2-4-10(9)14-6-8(5-13-14)12-7-15/h1-7H,11H2,(H,12,15). The van der Waals surface area contributed by atoms with Gasteiger partial charge in [0.2, 0.25) is 6.41 Å². The zero-order chi connectivity index (χ0) is 10.7. The number of nitrogens with one attached hydrogen (secondary N) is 1. The molecule has 2 rings (SSSR count). The molecule has 0 fully saturated rings. The number of carbonyl (C=O) groups excluding carboxylic acids is 1. The number of aromatic nitrogens is 2. The molecule has 15 heavy (non-hydrogen) atoms. The lowest BCUT2D eigenvalue weighted by atomic mass is 10.3. The van der Waals surface area contributed by atoms with Crippen molar-refractivity contribution in [1.29, 1.82) is 0 Å². The van der Waals surface area contributed by atoms with E-state index in [0.29, 0.717) is 17.8 Å². The number of nitrogens with zero attached hydrogens (tertiary/aromatic N) is 2. The van der Waals surface area contributed by atoms with Crippen molar-refractivity contribution < 1.29 is 4.79 Å². The Morgan fingerprint density at radius 3 is 2.93 bits per heavy atom. The number of para-hydroxylation sites is 2. The molecule has 1 heterocycles. The van der Waals surface area contributed by atoms with Gasteiger partial charge in [0.15, 0.2) is 0 Å². The normalized spacial score (nSPS) is 9.87. The molecular formula is C10H10N4O. The third-order valence-electron chi connectivity index (χ3n) is 1.99. The predicted octanol–water partition coefficient (Wildman–Crippen LogP) is 1.02. The maximum absolute atomic E-state index is 10.2. The van der Waals surface area contributed by atoms with Crippen LogP contribution in [0.5, 0.6) is 0 Å². The monoisotopic (exact) mass is 202 g/mol. The van der Waals surface area contributed by atoms with E-state index in [1.165, 1.54) is 0 Å². The molecule has 76 valence electrons. The second-order valence-corrected chi connectivity index (χ2v) is 2.99. The maximum atomic E-state index is 10.2. The van der Waals surface area contributed by atoms with Crippen LogP contribution < -0.4 is 11.1 Å². The summed E-state index contributed by atoms with van der Waals surface area (Å²) in [6.07, 6.45) is 3.86. The molecule has 0 unspecified atom stereocenters. The number of carbonyl (C=O) groups is 1. The predicted molar refractivity (Wildman–Crippen MR) is 57.7 cm³/mol. The molecule has 0 aliphatic carbocycles. The molecule has 2 aromatic rings. The highest BCUT2D eigenvalue weighted by molar-refractivity contribution is 5.70. The molecule has 1 aromatic heterocycles. The first-order valence-electron chi connectivity index (χ1n) is 4.41. The summed E-state index contributed by atoms with van der Waals surface area (Å²) in [7, 11) is 0. The quantitative estimate of drug-likeness (QED) is 0.576. The van der Waals surface area contributed by atoms with Crippen molar-refractivity contribution in [1.82, 2.24) is 9.78 Å². The molecule has 0 aliphatic rings. The van der Waals surface area contributed by atoms with Gasteiger partial charge in [0, 0.05) is 0 Å². The Balaban J connectivity index is 2.37. The number of hydrogen-bond acceptors (Lipinski definition) is 3. The number of anilines is 2. The van der Waals surface area contributed by atoms with Crippen LogP contribution in [0, 0.1) is 0 Å². The average Bonchev–Trinajstić information content (AvgIpc) is 2.68. The van der Waals surface area contributed by atoms with Crippen LogP contribution in [0.2, 0.25) is 0 Å². The summed E-state index contributed by atoms with van der Waals surface area (Å²) in [4.78, 5) is 10.2. The molecule has 1 aromatic carbocycles. The molecule has 0 saturated heterocycles. The van der Waals surface area contributed by atoms with E-state index in [0.717, 1.165) is 5.69 Å². The van der Waals surface area contributed by atoms with Gasteiger partial charge in [-0.25, -0.2) is 4.68 Å². The van der Waals surface area contributed by atoms with Crippen LogP contribution in [0.25, 0.3) is 5.69 Å². The Morgan fingerprint density at radius 1 is 1.40 bits per heavy atom. The molecule has 5 heteroatoms. The summed E-state index contributed by atoms with van der Waals surface area (Å²) in [5.74, 6) is 0. The van der Waals surface area contributed by atoms with E-state index in [-0.39, 0.29) is 0 Å². The smallest absolute Gasteiger partial charge is 0.211 e. The van der Waals surface area contributed by atoms with Crippen LogP contribution in [-0.4, -0.2) is 16.2 Å². The number of rotatable bonds is 3. The van der Waals surface area contributed by atoms with Crippen molar-refractivity contribution in [2.45, 2.75) is 0 Å². The Bertz CT molecular complexity index is 478. The highest BCUT2D eigenvalue weighted by Crippen LogP contribution is 2.17. The van der Waals surface area contributed by atoms with Crippen molar-refractivity contribution in [3.8, 4) is 5.69 Å². The Morgan fingerprint density at radius 2 is 2.20 bits per heavy atom. The fraction of sp³-hybridized carbons (Fsp3) is 0. The van der Waals surface area contributed by atoms with Gasteiger partial charge < -0.3 is 11.1 Å². The van der Waals surface area contributed by atoms with Gasteiger partial charge in [-0.15, -0.1) is 0 Å². The fourth-order valence-electron chi connectivity index (χ4n) is 1.29. The van der Waals surface area contributed by atoms with E-state index in [1.54, 1.807) is 23.1 Å². The Hall–Kier alpha value is -2.30. The number of nitrogens with two attached hydrogens (primary N) is 1. The Kier molecular flexibility index (Phi) is 2.37. The van der Waals surface area contributed by atoms with Crippen LogP contribution in [0.3, 0.4) is 0 Å². The van der Waals surface area contributed by atoms with Gasteiger partial charge in [-0.05, 0) is 12.1 Å². The van der Waals surface area contributed by atoms with Crippen LogP contribution in [0.1, 0.15) is 0 Å². The van der Waals surface area contributed by atoms with Gasteiger partial charge in [-0.2, -0.15) is 5.10 Å². The summed E-state index contributed by atoms with van der Waals surface area (Å²) in [6, 6.07) is 7.38. The topological polar surface area (TPSA) is 72.9 Å². The molecule has 5 nitrogen and oxygen atoms in total. The van der Waals surface area contributed by atoms with Gasteiger partial charge in [0.1, 0.15) is 0 Å². The first kappa shape index (κ1) is 9.26. The zero-order valence-corrected chi connectivity index (χ0v) is 7.92. The van der Waals surface area contributed by atoms with E-state index in [9.17, 15) is 4.79 Å². The lowest BCUT2D eigenvalue weighted by molar-refractivity contribution is -0.105. The summed E-state index contributed by atoms with van der Waals surface area (Å²) < 4.78 is 1.61. The largest absolute Gasteiger partial charge is 0.397 e. The van der Waals surface area contributed by atoms with Crippen molar-refractivity contribution in [3.05, 3.63) is 36.7 Å². The third kappa shape index (κ3) is 1.80. The first-order chi connectivity index (χ1) is 7.31. The molecule has 0 radical (unpaired) electrons. The highest BCUT2D eigenvalue weighted by Gasteiger charge is 2.02. The van der Waals surface area contributed by atoms with Gasteiger partial charge in [0.05, 0.1) is 29.5 Å². The van der Waals surface area contributed by atoms with Crippen LogP contribution in [-0.2, 0) is 4.79 Å². The minimum absolute atomic E-state index is 0.607. The van der Waals surface area contributed by atoms with E-state index in [2.05, 4.69) is 10.4 Å². The number of benzene rings is 1. The molecule has 0 atom stereocenters. The third-order valence-corrected chi connectivity index (χ3v) is 1.99. The van der Waals surface area contributed by atoms with Gasteiger partial charge in [0.25, 0.3) is 0 Å². The van der Waals surface area contributed by atoms with Crippen LogP contribution in [0.15, 0.2) is 36.7 Å². The minimum Gasteiger partial charge on any atom is -0.397 e. The average molecular weight is 202 g/mol. The lowest BCUT2D eigenvalue weighted by Crippen LogP contribution is -1.99. The lowest BCUT2D eigenvalue weighted by Gasteiger charge is -2.03. The Labute approximate surface area is 86.5 Å². The summed E-state index contributed by atoms with van der Waals surface area (Å²) in [5.41, 5.74) is 7.84. The zero-order valence-electron chi connectivity index (χ0n) is 7.92. The number of amides is 1. The second-order valence-electron chi connectivity index (χ2n) is 2.99. The second kappa shape index (κ2) is 3.83. The number of nitrogen functional groups attached to an aromatic ring is 1.